The van der Waals surface area contributed by atoms with Crippen molar-refractivity contribution >= 4 is 0 Å². The van der Waals surface area contributed by atoms with Crippen LogP contribution in [0.15, 0.2) is 0 Å². The first-order chi connectivity index (χ1) is 4.81. The van der Waals surface area contributed by atoms with Gasteiger partial charge < -0.3 is 15.2 Å². The predicted molar refractivity (Wildman–Crippen MR) is 40.8 cm³/mol. The molecule has 10 heavy (non-hydrogen) atoms. The molecule has 0 aliphatic rings. The molecule has 1 unspecified atom stereocenters. The molecule has 0 radical (unpaired) electrons. The van der Waals surface area contributed by atoms with Crippen molar-refractivity contribution in [3.63, 3.8) is 0 Å². The molecule has 0 rings (SSSR count). The molecule has 0 aromatic rings. The lowest BCUT2D eigenvalue weighted by Gasteiger charge is -2.06. The van der Waals surface area contributed by atoms with Crippen molar-refractivity contribution in [1.82, 2.24) is 5.32 Å². The van der Waals surface area contributed by atoms with E-state index in [-0.39, 0.29) is 0 Å². The second kappa shape index (κ2) is 6.99. The van der Waals surface area contributed by atoms with Gasteiger partial charge in [-0.15, -0.1) is 0 Å². The molecule has 0 aromatic carbocycles. The Morgan fingerprint density at radius 2 is 2.20 bits per heavy atom. The number of hydrogen-bond acceptors (Lipinski definition) is 3. The molecule has 0 bridgehead atoms. The van der Waals surface area contributed by atoms with Crippen LogP contribution in [0.5, 0.6) is 0 Å². The topological polar surface area (TPSA) is 41.5 Å². The molecule has 0 aromatic heterocycles. The molecular weight excluding hydrogens is 130 g/mol. The van der Waals surface area contributed by atoms with Gasteiger partial charge in [0.15, 0.2) is 6.29 Å². The highest BCUT2D eigenvalue weighted by atomic mass is 16.6. The van der Waals surface area contributed by atoms with Crippen LogP contribution in [0.1, 0.15) is 19.3 Å². The molecule has 2 N–H and O–H groups in total. The summed E-state index contributed by atoms with van der Waals surface area (Å²) in [5.41, 5.74) is 0. The number of methoxy groups -OCH3 is 1. The molecule has 0 fully saturated rings. The van der Waals surface area contributed by atoms with Crippen molar-refractivity contribution in [2.75, 3.05) is 20.7 Å². The number of ether oxygens (including phenoxy) is 1. The van der Waals surface area contributed by atoms with Crippen LogP contribution in [0.4, 0.5) is 0 Å². The minimum Gasteiger partial charge on any atom is -0.368 e. The molecule has 0 aliphatic carbocycles. The fourth-order valence-electron chi connectivity index (χ4n) is 0.739. The second-order valence-corrected chi connectivity index (χ2v) is 2.29. The Labute approximate surface area is 62.4 Å². The van der Waals surface area contributed by atoms with Crippen molar-refractivity contribution in [2.45, 2.75) is 25.6 Å². The quantitative estimate of drug-likeness (QED) is 0.420. The van der Waals surface area contributed by atoms with Gasteiger partial charge in [-0.05, 0) is 32.9 Å². The zero-order chi connectivity index (χ0) is 7.82. The number of unbranched alkanes of at least 4 members (excludes halogenated alkanes) is 1. The van der Waals surface area contributed by atoms with Gasteiger partial charge in [0.25, 0.3) is 0 Å². The zero-order valence-corrected chi connectivity index (χ0v) is 6.76. The molecule has 3 heteroatoms. The van der Waals surface area contributed by atoms with Crippen LogP contribution in [0.25, 0.3) is 0 Å². The maximum Gasteiger partial charge on any atom is 0.154 e. The third kappa shape index (κ3) is 6.01. The molecule has 0 amide bonds. The van der Waals surface area contributed by atoms with Gasteiger partial charge in [0, 0.05) is 7.11 Å². The van der Waals surface area contributed by atoms with Gasteiger partial charge in [-0.25, -0.2) is 0 Å². The van der Waals surface area contributed by atoms with Crippen LogP contribution in [-0.4, -0.2) is 32.1 Å². The van der Waals surface area contributed by atoms with Crippen LogP contribution < -0.4 is 5.32 Å². The van der Waals surface area contributed by atoms with E-state index in [1.54, 1.807) is 0 Å². The van der Waals surface area contributed by atoms with Crippen molar-refractivity contribution < 1.29 is 9.84 Å². The van der Waals surface area contributed by atoms with E-state index in [0.29, 0.717) is 0 Å². The number of aliphatic hydroxyl groups excluding tert-OH is 1. The summed E-state index contributed by atoms with van der Waals surface area (Å²) in [7, 11) is 3.44. The lowest BCUT2D eigenvalue weighted by Crippen LogP contribution is -2.11. The summed E-state index contributed by atoms with van der Waals surface area (Å²) < 4.78 is 4.67. The fraction of sp³-hybridized carbons (Fsp3) is 1.00. The van der Waals surface area contributed by atoms with Gasteiger partial charge in [0.2, 0.25) is 0 Å². The molecule has 0 spiro atoms. The monoisotopic (exact) mass is 147 g/mol. The average Bonchev–Trinajstić information content (AvgIpc) is 1.98. The molecule has 0 heterocycles. The Morgan fingerprint density at radius 3 is 2.70 bits per heavy atom. The normalized spacial score (nSPS) is 13.5. The highest BCUT2D eigenvalue weighted by Crippen LogP contribution is 1.99. The molecule has 1 atom stereocenters. The van der Waals surface area contributed by atoms with Gasteiger partial charge in [-0.1, -0.05) is 0 Å². The standard InChI is InChI=1S/C7H17NO2/c1-8-6-4-3-5-7(9)10-2/h7-9H,3-6H2,1-2H3. The lowest BCUT2D eigenvalue weighted by atomic mass is 10.2. The van der Waals surface area contributed by atoms with E-state index in [9.17, 15) is 0 Å². The smallest absolute Gasteiger partial charge is 0.154 e. The minimum absolute atomic E-state index is 0.572. The maximum absolute atomic E-state index is 8.91. The van der Waals surface area contributed by atoms with E-state index in [1.165, 1.54) is 7.11 Å². The zero-order valence-electron chi connectivity index (χ0n) is 6.76. The Kier molecular flexibility index (Phi) is 6.91. The van der Waals surface area contributed by atoms with Crippen LogP contribution in [0.3, 0.4) is 0 Å². The van der Waals surface area contributed by atoms with E-state index in [1.807, 2.05) is 7.05 Å². The highest BCUT2D eigenvalue weighted by molar-refractivity contribution is 4.45. The van der Waals surface area contributed by atoms with E-state index >= 15 is 0 Å². The molecule has 3 nitrogen and oxygen atoms in total. The summed E-state index contributed by atoms with van der Waals surface area (Å²) >= 11 is 0. The van der Waals surface area contributed by atoms with E-state index < -0.39 is 6.29 Å². The SMILES string of the molecule is CNCCCCC(O)OC. The summed E-state index contributed by atoms with van der Waals surface area (Å²) in [5.74, 6) is 0. The van der Waals surface area contributed by atoms with Crippen molar-refractivity contribution in [3.05, 3.63) is 0 Å². The first kappa shape index (κ1) is 9.88. The number of aliphatic hydroxyl groups is 1. The molecular formula is C7H17NO2. The summed E-state index contributed by atoms with van der Waals surface area (Å²) in [5, 5.41) is 12.0. The molecule has 0 aliphatic heterocycles. The lowest BCUT2D eigenvalue weighted by molar-refractivity contribution is -0.0792. The van der Waals surface area contributed by atoms with E-state index in [4.69, 9.17) is 5.11 Å². The summed E-state index contributed by atoms with van der Waals surface area (Å²) in [4.78, 5) is 0. The van der Waals surface area contributed by atoms with E-state index in [2.05, 4.69) is 10.1 Å². The van der Waals surface area contributed by atoms with Gasteiger partial charge >= 0.3 is 0 Å². The Bertz CT molecular complexity index is 68.6. The Balaban J connectivity index is 2.89. The van der Waals surface area contributed by atoms with Crippen LogP contribution in [0.2, 0.25) is 0 Å². The molecule has 62 valence electrons. The largest absolute Gasteiger partial charge is 0.368 e. The summed E-state index contributed by atoms with van der Waals surface area (Å²) in [6.45, 7) is 1.01. The van der Waals surface area contributed by atoms with Gasteiger partial charge in [-0.3, -0.25) is 0 Å². The number of nitrogens with one attached hydrogen (secondary N) is 1. The maximum atomic E-state index is 8.91. The van der Waals surface area contributed by atoms with Crippen molar-refractivity contribution in [2.24, 2.45) is 0 Å². The highest BCUT2D eigenvalue weighted by Gasteiger charge is 1.98. The van der Waals surface area contributed by atoms with E-state index in [0.717, 1.165) is 25.8 Å². The van der Waals surface area contributed by atoms with Crippen LogP contribution in [0, 0.1) is 0 Å². The minimum atomic E-state index is -0.572. The first-order valence-electron chi connectivity index (χ1n) is 3.66. The fourth-order valence-corrected chi connectivity index (χ4v) is 0.739. The van der Waals surface area contributed by atoms with Crippen LogP contribution in [-0.2, 0) is 4.74 Å². The second-order valence-electron chi connectivity index (χ2n) is 2.29. The first-order valence-corrected chi connectivity index (χ1v) is 3.66. The average molecular weight is 147 g/mol. The summed E-state index contributed by atoms with van der Waals surface area (Å²) in [6.07, 6.45) is 2.27. The number of rotatable bonds is 6. The number of hydrogen-bond donors (Lipinski definition) is 2. The van der Waals surface area contributed by atoms with Gasteiger partial charge in [0.1, 0.15) is 0 Å². The van der Waals surface area contributed by atoms with Crippen LogP contribution >= 0.6 is 0 Å². The Hall–Kier alpha value is -0.120. The summed E-state index contributed by atoms with van der Waals surface area (Å²) in [6, 6.07) is 0. The third-order valence-electron chi connectivity index (χ3n) is 1.40. The molecule has 0 saturated heterocycles. The van der Waals surface area contributed by atoms with Crippen molar-refractivity contribution in [1.29, 1.82) is 0 Å². The van der Waals surface area contributed by atoms with Gasteiger partial charge in [-0.2, -0.15) is 0 Å². The predicted octanol–water partition coefficient (Wildman–Crippen LogP) is 0.341. The molecule has 0 saturated carbocycles. The Morgan fingerprint density at radius 1 is 1.50 bits per heavy atom. The van der Waals surface area contributed by atoms with Gasteiger partial charge in [0.05, 0.1) is 0 Å². The van der Waals surface area contributed by atoms with Crippen molar-refractivity contribution in [3.8, 4) is 0 Å². The third-order valence-corrected chi connectivity index (χ3v) is 1.40.